The van der Waals surface area contributed by atoms with E-state index in [2.05, 4.69) is 10.4 Å². The highest BCUT2D eigenvalue weighted by molar-refractivity contribution is 5.29. The maximum atomic E-state index is 13.7. The van der Waals surface area contributed by atoms with E-state index in [-0.39, 0.29) is 17.7 Å². The predicted octanol–water partition coefficient (Wildman–Crippen LogP) is 2.48. The average molecular weight is 333 g/mol. The predicted molar refractivity (Wildman–Crippen MR) is 89.5 cm³/mol. The largest absolute Gasteiger partial charge is 0.494 e. The Bertz CT molecular complexity index is 674. The van der Waals surface area contributed by atoms with Crippen molar-refractivity contribution in [3.63, 3.8) is 0 Å². The van der Waals surface area contributed by atoms with Crippen molar-refractivity contribution >= 4 is 0 Å². The van der Waals surface area contributed by atoms with Crippen molar-refractivity contribution in [2.45, 2.75) is 18.9 Å². The summed E-state index contributed by atoms with van der Waals surface area (Å²) in [4.78, 5) is 0. The van der Waals surface area contributed by atoms with Crippen LogP contribution in [-0.2, 0) is 18.2 Å². The van der Waals surface area contributed by atoms with Gasteiger partial charge in [-0.3, -0.25) is 4.68 Å². The summed E-state index contributed by atoms with van der Waals surface area (Å²) in [6, 6.07) is 7.13. The Labute approximate surface area is 141 Å². The van der Waals surface area contributed by atoms with Crippen LogP contribution in [0.3, 0.4) is 0 Å². The van der Waals surface area contributed by atoms with Crippen LogP contribution in [-0.4, -0.2) is 36.6 Å². The second kappa shape index (κ2) is 7.77. The second-order valence-electron chi connectivity index (χ2n) is 6.14. The van der Waals surface area contributed by atoms with E-state index in [4.69, 9.17) is 9.47 Å². The number of hydrogen-bond donors (Lipinski definition) is 1. The fraction of sp³-hybridized carbons (Fsp3) is 0.500. The molecule has 5 nitrogen and oxygen atoms in total. The SMILES string of the molecule is COc1ccc(CCNC[C@@H]2CCO[C@H]2c2ccnn2C)cc1F. The van der Waals surface area contributed by atoms with Crippen LogP contribution in [0.15, 0.2) is 30.5 Å². The number of ether oxygens (including phenoxy) is 2. The van der Waals surface area contributed by atoms with Gasteiger partial charge in [-0.1, -0.05) is 6.07 Å². The van der Waals surface area contributed by atoms with E-state index in [0.29, 0.717) is 5.92 Å². The lowest BCUT2D eigenvalue weighted by atomic mass is 9.99. The van der Waals surface area contributed by atoms with Crippen LogP contribution in [0.4, 0.5) is 4.39 Å². The zero-order chi connectivity index (χ0) is 16.9. The second-order valence-corrected chi connectivity index (χ2v) is 6.14. The van der Waals surface area contributed by atoms with Gasteiger partial charge < -0.3 is 14.8 Å². The molecule has 1 aliphatic rings. The van der Waals surface area contributed by atoms with Gasteiger partial charge in [-0.2, -0.15) is 5.10 Å². The third-order valence-electron chi connectivity index (χ3n) is 4.58. The molecule has 1 aromatic heterocycles. The molecule has 1 fully saturated rings. The van der Waals surface area contributed by atoms with Gasteiger partial charge in [0.15, 0.2) is 11.6 Å². The first-order valence-electron chi connectivity index (χ1n) is 8.31. The van der Waals surface area contributed by atoms with E-state index < -0.39 is 0 Å². The number of benzene rings is 1. The molecule has 130 valence electrons. The molecular weight excluding hydrogens is 309 g/mol. The summed E-state index contributed by atoms with van der Waals surface area (Å²) >= 11 is 0. The summed E-state index contributed by atoms with van der Waals surface area (Å²) in [6.07, 6.45) is 3.73. The van der Waals surface area contributed by atoms with Crippen molar-refractivity contribution in [1.82, 2.24) is 15.1 Å². The van der Waals surface area contributed by atoms with Crippen LogP contribution < -0.4 is 10.1 Å². The van der Waals surface area contributed by atoms with Gasteiger partial charge in [0.2, 0.25) is 0 Å². The Kier molecular flexibility index (Phi) is 5.48. The van der Waals surface area contributed by atoms with Gasteiger partial charge in [0.25, 0.3) is 0 Å². The molecule has 24 heavy (non-hydrogen) atoms. The minimum atomic E-state index is -0.310. The molecule has 0 amide bonds. The molecule has 3 rings (SSSR count). The molecule has 1 saturated heterocycles. The number of methoxy groups -OCH3 is 1. The van der Waals surface area contributed by atoms with Gasteiger partial charge in [0, 0.05) is 32.3 Å². The van der Waals surface area contributed by atoms with Gasteiger partial charge in [0.05, 0.1) is 12.8 Å². The van der Waals surface area contributed by atoms with E-state index in [1.165, 1.54) is 13.2 Å². The quantitative estimate of drug-likeness (QED) is 0.791. The summed E-state index contributed by atoms with van der Waals surface area (Å²) in [7, 11) is 3.42. The Morgan fingerprint density at radius 2 is 2.29 bits per heavy atom. The smallest absolute Gasteiger partial charge is 0.165 e. The Morgan fingerprint density at radius 3 is 3.00 bits per heavy atom. The summed E-state index contributed by atoms with van der Waals surface area (Å²) in [5, 5.41) is 7.70. The molecule has 0 bridgehead atoms. The third-order valence-corrected chi connectivity index (χ3v) is 4.58. The molecule has 0 saturated carbocycles. The molecule has 0 unspecified atom stereocenters. The Balaban J connectivity index is 1.48. The summed E-state index contributed by atoms with van der Waals surface area (Å²) in [6.45, 7) is 2.47. The van der Waals surface area contributed by atoms with Crippen molar-refractivity contribution in [1.29, 1.82) is 0 Å². The van der Waals surface area contributed by atoms with E-state index in [1.807, 2.05) is 23.9 Å². The van der Waals surface area contributed by atoms with Crippen molar-refractivity contribution in [3.05, 3.63) is 47.5 Å². The molecule has 1 aromatic carbocycles. The molecule has 6 heteroatoms. The number of aromatic nitrogens is 2. The summed E-state index contributed by atoms with van der Waals surface area (Å²) in [5.41, 5.74) is 2.09. The molecule has 2 aromatic rings. The number of hydrogen-bond acceptors (Lipinski definition) is 4. The molecule has 1 aliphatic heterocycles. The number of nitrogens with one attached hydrogen (secondary N) is 1. The number of halogens is 1. The maximum absolute atomic E-state index is 13.7. The first-order valence-corrected chi connectivity index (χ1v) is 8.31. The van der Waals surface area contributed by atoms with Gasteiger partial charge in [-0.15, -0.1) is 0 Å². The summed E-state index contributed by atoms with van der Waals surface area (Å²) < 4.78 is 26.4. The number of rotatable bonds is 7. The van der Waals surface area contributed by atoms with Crippen LogP contribution in [0.2, 0.25) is 0 Å². The third kappa shape index (κ3) is 3.76. The maximum Gasteiger partial charge on any atom is 0.165 e. The summed E-state index contributed by atoms with van der Waals surface area (Å²) in [5.74, 6) is 0.414. The standard InChI is InChI=1S/C18H24FN3O2/c1-22-16(6-9-21-22)18-14(7-10-24-18)12-20-8-5-13-3-4-17(23-2)15(19)11-13/h3-4,6,9,11,14,18,20H,5,7-8,10,12H2,1-2H3/t14-,18+/m0/s1. The van der Waals surface area contributed by atoms with Gasteiger partial charge >= 0.3 is 0 Å². The van der Waals surface area contributed by atoms with Crippen LogP contribution in [0.5, 0.6) is 5.75 Å². The topological polar surface area (TPSA) is 48.3 Å². The highest BCUT2D eigenvalue weighted by Crippen LogP contribution is 2.33. The minimum absolute atomic E-state index is 0.100. The van der Waals surface area contributed by atoms with Gasteiger partial charge in [-0.25, -0.2) is 4.39 Å². The van der Waals surface area contributed by atoms with E-state index in [9.17, 15) is 4.39 Å². The first kappa shape index (κ1) is 16.9. The Morgan fingerprint density at radius 1 is 1.42 bits per heavy atom. The molecular formula is C18H24FN3O2. The number of nitrogens with zero attached hydrogens (tertiary/aromatic N) is 2. The zero-order valence-corrected chi connectivity index (χ0v) is 14.2. The van der Waals surface area contributed by atoms with Crippen molar-refractivity contribution < 1.29 is 13.9 Å². The molecule has 2 heterocycles. The highest BCUT2D eigenvalue weighted by Gasteiger charge is 2.31. The van der Waals surface area contributed by atoms with Crippen LogP contribution in [0.25, 0.3) is 0 Å². The monoisotopic (exact) mass is 333 g/mol. The van der Waals surface area contributed by atoms with Crippen LogP contribution in [0.1, 0.15) is 23.8 Å². The fourth-order valence-corrected chi connectivity index (χ4v) is 3.22. The van der Waals surface area contributed by atoms with Crippen molar-refractivity contribution in [3.8, 4) is 5.75 Å². The lowest BCUT2D eigenvalue weighted by Gasteiger charge is -2.19. The van der Waals surface area contributed by atoms with E-state index >= 15 is 0 Å². The van der Waals surface area contributed by atoms with Gasteiger partial charge in [0.1, 0.15) is 6.10 Å². The minimum Gasteiger partial charge on any atom is -0.494 e. The van der Waals surface area contributed by atoms with Crippen molar-refractivity contribution in [2.75, 3.05) is 26.8 Å². The van der Waals surface area contributed by atoms with Crippen molar-refractivity contribution in [2.24, 2.45) is 13.0 Å². The normalized spacial score (nSPS) is 20.5. The van der Waals surface area contributed by atoms with Crippen LogP contribution in [0, 0.1) is 11.7 Å². The molecule has 1 N–H and O–H groups in total. The Hall–Kier alpha value is -1.92. The molecule has 0 radical (unpaired) electrons. The molecule has 2 atom stereocenters. The first-order chi connectivity index (χ1) is 11.7. The zero-order valence-electron chi connectivity index (χ0n) is 14.2. The van der Waals surface area contributed by atoms with E-state index in [1.54, 1.807) is 12.3 Å². The fourth-order valence-electron chi connectivity index (χ4n) is 3.22. The van der Waals surface area contributed by atoms with Gasteiger partial charge in [-0.05, 0) is 43.1 Å². The lowest BCUT2D eigenvalue weighted by molar-refractivity contribution is 0.0839. The van der Waals surface area contributed by atoms with E-state index in [0.717, 1.165) is 43.8 Å². The molecule has 0 aliphatic carbocycles. The molecule has 0 spiro atoms. The average Bonchev–Trinajstić information content (AvgIpc) is 3.20. The van der Waals surface area contributed by atoms with Crippen LogP contribution >= 0.6 is 0 Å². The highest BCUT2D eigenvalue weighted by atomic mass is 19.1. The number of aryl methyl sites for hydroxylation is 1. The lowest BCUT2D eigenvalue weighted by Crippen LogP contribution is -2.27.